The first-order chi connectivity index (χ1) is 14.7. The molecule has 8 heteroatoms. The van der Waals surface area contributed by atoms with Crippen molar-refractivity contribution in [3.05, 3.63) is 84.1 Å². The Morgan fingerprint density at radius 1 is 1.00 bits per heavy atom. The van der Waals surface area contributed by atoms with Crippen molar-refractivity contribution < 1.29 is 0 Å². The standard InChI is InChI=1S/C23H27N7.HI/c1-18-5-3-15-29-17-20(28-22(18)29)11-14-26-23(24-2)25-13-10-19-6-8-21(9-7-19)30-16-4-12-27-30;/h3-9,12,15-17H,10-11,13-14H2,1-2H3,(H2,24,25,26);1H. The maximum absolute atomic E-state index is 4.72. The molecular formula is C23H28IN7. The second-order valence-electron chi connectivity index (χ2n) is 7.20. The van der Waals surface area contributed by atoms with Crippen molar-refractivity contribution in [3.8, 4) is 5.69 Å². The van der Waals surface area contributed by atoms with E-state index in [0.29, 0.717) is 0 Å². The zero-order valence-electron chi connectivity index (χ0n) is 17.8. The summed E-state index contributed by atoms with van der Waals surface area (Å²) < 4.78 is 3.94. The molecule has 3 heterocycles. The molecule has 0 saturated carbocycles. The molecule has 0 aliphatic heterocycles. The van der Waals surface area contributed by atoms with Crippen LogP contribution < -0.4 is 10.6 Å². The predicted octanol–water partition coefficient (Wildman–Crippen LogP) is 3.40. The summed E-state index contributed by atoms with van der Waals surface area (Å²) in [5, 5.41) is 11.0. The van der Waals surface area contributed by atoms with E-state index in [1.54, 1.807) is 13.2 Å². The first kappa shape index (κ1) is 22.8. The van der Waals surface area contributed by atoms with Gasteiger partial charge in [-0.25, -0.2) is 9.67 Å². The number of rotatable bonds is 7. The fraction of sp³-hybridized carbons (Fsp3) is 0.261. The van der Waals surface area contributed by atoms with Crippen LogP contribution in [0.1, 0.15) is 16.8 Å². The summed E-state index contributed by atoms with van der Waals surface area (Å²) in [6.07, 6.45) is 9.62. The third-order valence-corrected chi connectivity index (χ3v) is 5.04. The molecule has 0 unspecified atom stereocenters. The lowest BCUT2D eigenvalue weighted by atomic mass is 10.1. The van der Waals surface area contributed by atoms with Gasteiger partial charge >= 0.3 is 0 Å². The van der Waals surface area contributed by atoms with Crippen molar-refractivity contribution in [1.29, 1.82) is 0 Å². The monoisotopic (exact) mass is 529 g/mol. The van der Waals surface area contributed by atoms with Crippen LogP contribution in [0.4, 0.5) is 0 Å². The summed E-state index contributed by atoms with van der Waals surface area (Å²) in [6.45, 7) is 3.68. The van der Waals surface area contributed by atoms with Gasteiger partial charge in [-0.15, -0.1) is 24.0 Å². The lowest BCUT2D eigenvalue weighted by molar-refractivity contribution is 0.778. The van der Waals surface area contributed by atoms with Crippen LogP contribution in [0.5, 0.6) is 0 Å². The molecule has 0 aliphatic rings. The highest BCUT2D eigenvalue weighted by Gasteiger charge is 2.04. The van der Waals surface area contributed by atoms with E-state index >= 15 is 0 Å². The highest BCUT2D eigenvalue weighted by molar-refractivity contribution is 14.0. The van der Waals surface area contributed by atoms with Crippen LogP contribution in [0, 0.1) is 6.92 Å². The van der Waals surface area contributed by atoms with Crippen LogP contribution in [0.15, 0.2) is 72.2 Å². The molecule has 0 saturated heterocycles. The molecule has 7 nitrogen and oxygen atoms in total. The van der Waals surface area contributed by atoms with Gasteiger partial charge in [0.25, 0.3) is 0 Å². The summed E-state index contributed by atoms with van der Waals surface area (Å²) >= 11 is 0. The first-order valence-electron chi connectivity index (χ1n) is 10.2. The predicted molar refractivity (Wildman–Crippen MR) is 136 cm³/mol. The second kappa shape index (κ2) is 10.9. The van der Waals surface area contributed by atoms with Gasteiger partial charge in [0.05, 0.1) is 11.4 Å². The van der Waals surface area contributed by atoms with Crippen LogP contribution in [-0.4, -0.2) is 45.3 Å². The topological polar surface area (TPSA) is 71.5 Å². The average Bonchev–Trinajstić information content (AvgIpc) is 3.44. The maximum atomic E-state index is 4.72. The molecule has 3 aromatic heterocycles. The summed E-state index contributed by atoms with van der Waals surface area (Å²) in [5.74, 6) is 0.808. The Bertz CT molecular complexity index is 1110. The van der Waals surface area contributed by atoms with E-state index in [9.17, 15) is 0 Å². The van der Waals surface area contributed by atoms with Crippen molar-refractivity contribution in [2.75, 3.05) is 20.1 Å². The highest BCUT2D eigenvalue weighted by atomic mass is 127. The lowest BCUT2D eigenvalue weighted by Crippen LogP contribution is -2.39. The number of aromatic nitrogens is 4. The van der Waals surface area contributed by atoms with E-state index in [1.807, 2.05) is 29.2 Å². The Morgan fingerprint density at radius 2 is 1.77 bits per heavy atom. The van der Waals surface area contributed by atoms with Gasteiger partial charge in [-0.1, -0.05) is 18.2 Å². The smallest absolute Gasteiger partial charge is 0.190 e. The van der Waals surface area contributed by atoms with Crippen LogP contribution in [-0.2, 0) is 12.8 Å². The second-order valence-corrected chi connectivity index (χ2v) is 7.20. The summed E-state index contributed by atoms with van der Waals surface area (Å²) in [5.41, 5.74) is 5.62. The largest absolute Gasteiger partial charge is 0.356 e. The number of imidazole rings is 1. The van der Waals surface area contributed by atoms with Crippen LogP contribution in [0.25, 0.3) is 11.3 Å². The third kappa shape index (κ3) is 5.84. The van der Waals surface area contributed by atoms with E-state index in [-0.39, 0.29) is 24.0 Å². The lowest BCUT2D eigenvalue weighted by Gasteiger charge is -2.11. The van der Waals surface area contributed by atoms with E-state index in [2.05, 4.69) is 68.6 Å². The zero-order valence-corrected chi connectivity index (χ0v) is 20.2. The van der Waals surface area contributed by atoms with E-state index in [0.717, 1.165) is 48.9 Å². The number of nitrogens with one attached hydrogen (secondary N) is 2. The first-order valence-corrected chi connectivity index (χ1v) is 10.2. The Morgan fingerprint density at radius 3 is 2.45 bits per heavy atom. The van der Waals surface area contributed by atoms with E-state index in [4.69, 9.17) is 4.98 Å². The number of halogens is 1. The normalized spacial score (nSPS) is 11.4. The molecule has 0 spiro atoms. The molecule has 4 rings (SSSR count). The summed E-state index contributed by atoms with van der Waals surface area (Å²) in [7, 11) is 1.79. The number of hydrogen-bond donors (Lipinski definition) is 2. The molecule has 4 aromatic rings. The quantitative estimate of drug-likeness (QED) is 0.219. The van der Waals surface area contributed by atoms with Crippen molar-refractivity contribution >= 4 is 35.6 Å². The van der Waals surface area contributed by atoms with Crippen molar-refractivity contribution in [2.24, 2.45) is 4.99 Å². The molecule has 0 bridgehead atoms. The van der Waals surface area contributed by atoms with Gasteiger partial charge in [0, 0.05) is 51.3 Å². The highest BCUT2D eigenvalue weighted by Crippen LogP contribution is 2.10. The van der Waals surface area contributed by atoms with Gasteiger partial charge in [-0.2, -0.15) is 5.10 Å². The number of pyridine rings is 1. The Hall–Kier alpha value is -2.88. The van der Waals surface area contributed by atoms with E-state index in [1.165, 1.54) is 11.1 Å². The SMILES string of the molecule is CN=C(NCCc1ccc(-n2cccn2)cc1)NCCc1cn2cccc(C)c2n1.I. The number of benzene rings is 1. The average molecular weight is 529 g/mol. The molecule has 0 aliphatic carbocycles. The van der Waals surface area contributed by atoms with Gasteiger partial charge in [0.15, 0.2) is 5.96 Å². The Labute approximate surface area is 199 Å². The minimum Gasteiger partial charge on any atom is -0.356 e. The number of aryl methyl sites for hydroxylation is 1. The Kier molecular flexibility index (Phi) is 8.05. The van der Waals surface area contributed by atoms with Crippen molar-refractivity contribution in [3.63, 3.8) is 0 Å². The molecule has 31 heavy (non-hydrogen) atoms. The fourth-order valence-corrected chi connectivity index (χ4v) is 3.42. The van der Waals surface area contributed by atoms with Crippen molar-refractivity contribution in [2.45, 2.75) is 19.8 Å². The van der Waals surface area contributed by atoms with Gasteiger partial charge in [0.2, 0.25) is 0 Å². The van der Waals surface area contributed by atoms with Crippen LogP contribution in [0.2, 0.25) is 0 Å². The molecule has 162 valence electrons. The minimum absolute atomic E-state index is 0. The maximum Gasteiger partial charge on any atom is 0.190 e. The summed E-state index contributed by atoms with van der Waals surface area (Å²) in [6, 6.07) is 14.5. The van der Waals surface area contributed by atoms with Gasteiger partial charge < -0.3 is 15.0 Å². The molecule has 0 atom stereocenters. The fourth-order valence-electron chi connectivity index (χ4n) is 3.42. The molecule has 2 N–H and O–H groups in total. The minimum atomic E-state index is 0. The number of fused-ring (bicyclic) bond motifs is 1. The zero-order chi connectivity index (χ0) is 20.8. The van der Waals surface area contributed by atoms with E-state index < -0.39 is 0 Å². The molecular weight excluding hydrogens is 501 g/mol. The summed E-state index contributed by atoms with van der Waals surface area (Å²) in [4.78, 5) is 9.03. The van der Waals surface area contributed by atoms with Crippen molar-refractivity contribution in [1.82, 2.24) is 29.8 Å². The Balaban J connectivity index is 0.00000272. The van der Waals surface area contributed by atoms with Gasteiger partial charge in [-0.3, -0.25) is 4.99 Å². The number of aliphatic imine (C=N–C) groups is 1. The number of nitrogens with zero attached hydrogens (tertiary/aromatic N) is 5. The molecule has 0 fully saturated rings. The van der Waals surface area contributed by atoms with Gasteiger partial charge in [0.1, 0.15) is 5.65 Å². The molecule has 0 radical (unpaired) electrons. The molecule has 0 amide bonds. The van der Waals surface area contributed by atoms with Crippen LogP contribution >= 0.6 is 24.0 Å². The number of guanidine groups is 1. The molecule has 1 aromatic carbocycles. The third-order valence-electron chi connectivity index (χ3n) is 5.04. The number of hydrogen-bond acceptors (Lipinski definition) is 3. The van der Waals surface area contributed by atoms with Gasteiger partial charge in [-0.05, 0) is 48.7 Å². The van der Waals surface area contributed by atoms with Crippen LogP contribution in [0.3, 0.4) is 0 Å².